The number of ether oxygens (including phenoxy) is 1. The van der Waals surface area contributed by atoms with E-state index in [2.05, 4.69) is 16.7 Å². The molecule has 164 valence electrons. The smallest absolute Gasteiger partial charge is 0.408 e. The zero-order valence-electron chi connectivity index (χ0n) is 17.7. The number of aromatic nitrogens is 1. The average molecular weight is 432 g/mol. The molecule has 4 atom stereocenters. The number of oxazole rings is 1. The predicted molar refractivity (Wildman–Crippen MR) is 118 cm³/mol. The van der Waals surface area contributed by atoms with Gasteiger partial charge < -0.3 is 19.8 Å². The Labute approximate surface area is 184 Å². The van der Waals surface area contributed by atoms with Crippen LogP contribution in [0.5, 0.6) is 0 Å². The molecule has 2 aliphatic rings. The number of carbonyl (C=O) groups excluding carboxylic acids is 1. The number of aryl methyl sites for hydroxylation is 1. The number of amides is 1. The van der Waals surface area contributed by atoms with Crippen LogP contribution in [0.4, 0.5) is 0 Å². The van der Waals surface area contributed by atoms with Crippen molar-refractivity contribution in [3.63, 3.8) is 0 Å². The number of hydrogen-bond acceptors (Lipinski definition) is 6. The van der Waals surface area contributed by atoms with Crippen molar-refractivity contribution in [2.45, 2.75) is 43.5 Å². The van der Waals surface area contributed by atoms with E-state index in [1.54, 1.807) is 13.1 Å². The Morgan fingerprint density at radius 3 is 2.81 bits per heavy atom. The lowest BCUT2D eigenvalue weighted by atomic mass is 10.0. The summed E-state index contributed by atoms with van der Waals surface area (Å²) in [4.78, 5) is 24.3. The fourth-order valence-electron chi connectivity index (χ4n) is 4.59. The Morgan fingerprint density at radius 2 is 2.06 bits per heavy atom. The third-order valence-electron chi connectivity index (χ3n) is 6.40. The summed E-state index contributed by atoms with van der Waals surface area (Å²) in [5.74, 6) is -0.536. The first-order chi connectivity index (χ1) is 15.5. The van der Waals surface area contributed by atoms with Crippen LogP contribution in [0.3, 0.4) is 0 Å². The molecule has 0 spiro atoms. The molecule has 5 rings (SSSR count). The van der Waals surface area contributed by atoms with Crippen LogP contribution in [0, 0.1) is 11.3 Å². The van der Waals surface area contributed by atoms with E-state index in [1.165, 1.54) is 4.57 Å². The summed E-state index contributed by atoms with van der Waals surface area (Å²) in [5, 5.41) is 15.7. The SMILES string of the molecule is Cn1c(=O)oc2ccc(-c3ccc(C[C@@H](C#N)NC(=O)C4CC5OCCC5N4)cc3)cc21. The highest BCUT2D eigenvalue weighted by Gasteiger charge is 2.41. The maximum absolute atomic E-state index is 12.6. The number of benzene rings is 2. The van der Waals surface area contributed by atoms with E-state index in [4.69, 9.17) is 9.15 Å². The molecule has 2 fully saturated rings. The van der Waals surface area contributed by atoms with Crippen LogP contribution in [-0.2, 0) is 23.0 Å². The minimum Gasteiger partial charge on any atom is -0.408 e. The van der Waals surface area contributed by atoms with E-state index < -0.39 is 6.04 Å². The van der Waals surface area contributed by atoms with Crippen LogP contribution in [0.1, 0.15) is 18.4 Å². The number of nitrogens with zero attached hydrogens (tertiary/aromatic N) is 2. The number of rotatable bonds is 5. The first-order valence-corrected chi connectivity index (χ1v) is 10.8. The van der Waals surface area contributed by atoms with Crippen molar-refractivity contribution in [2.24, 2.45) is 7.05 Å². The fraction of sp³-hybridized carbons (Fsp3) is 0.375. The van der Waals surface area contributed by atoms with Crippen molar-refractivity contribution < 1.29 is 13.9 Å². The molecule has 2 aromatic carbocycles. The second-order valence-electron chi connectivity index (χ2n) is 8.46. The summed E-state index contributed by atoms with van der Waals surface area (Å²) in [5.41, 5.74) is 4.20. The molecule has 1 aromatic heterocycles. The average Bonchev–Trinajstić information content (AvgIpc) is 3.48. The number of nitrogens with one attached hydrogen (secondary N) is 2. The van der Waals surface area contributed by atoms with Gasteiger partial charge in [-0.05, 0) is 41.7 Å². The molecule has 3 aromatic rings. The van der Waals surface area contributed by atoms with Crippen LogP contribution < -0.4 is 16.4 Å². The first kappa shape index (κ1) is 20.5. The normalized spacial score (nSPS) is 23.1. The van der Waals surface area contributed by atoms with E-state index in [0.29, 0.717) is 18.4 Å². The first-order valence-electron chi connectivity index (χ1n) is 10.8. The molecule has 2 saturated heterocycles. The van der Waals surface area contributed by atoms with Crippen molar-refractivity contribution in [2.75, 3.05) is 6.61 Å². The molecular formula is C24H24N4O4. The molecule has 3 heterocycles. The number of hydrogen-bond donors (Lipinski definition) is 2. The Hall–Kier alpha value is -3.41. The van der Waals surface area contributed by atoms with Gasteiger partial charge in [0.1, 0.15) is 6.04 Å². The highest BCUT2D eigenvalue weighted by molar-refractivity contribution is 5.83. The Morgan fingerprint density at radius 1 is 1.28 bits per heavy atom. The summed E-state index contributed by atoms with van der Waals surface area (Å²) in [6, 6.07) is 15.0. The summed E-state index contributed by atoms with van der Waals surface area (Å²) < 4.78 is 12.3. The third-order valence-corrected chi connectivity index (χ3v) is 6.40. The van der Waals surface area contributed by atoms with Gasteiger partial charge in [0.2, 0.25) is 5.91 Å². The van der Waals surface area contributed by atoms with Gasteiger partial charge in [0.05, 0.1) is 23.7 Å². The monoisotopic (exact) mass is 432 g/mol. The molecule has 0 saturated carbocycles. The second kappa shape index (κ2) is 8.26. The third kappa shape index (κ3) is 3.81. The molecule has 8 nitrogen and oxygen atoms in total. The molecule has 2 N–H and O–H groups in total. The summed E-state index contributed by atoms with van der Waals surface area (Å²) >= 11 is 0. The van der Waals surface area contributed by atoms with Crippen molar-refractivity contribution in [3.8, 4) is 17.2 Å². The topological polar surface area (TPSA) is 109 Å². The minimum atomic E-state index is -0.603. The second-order valence-corrected chi connectivity index (χ2v) is 8.46. The maximum atomic E-state index is 12.6. The quantitative estimate of drug-likeness (QED) is 0.637. The van der Waals surface area contributed by atoms with Gasteiger partial charge in [-0.3, -0.25) is 9.36 Å². The molecule has 8 heteroatoms. The van der Waals surface area contributed by atoms with Crippen LogP contribution in [0.2, 0.25) is 0 Å². The van der Waals surface area contributed by atoms with E-state index >= 15 is 0 Å². The molecular weight excluding hydrogens is 408 g/mol. The molecule has 32 heavy (non-hydrogen) atoms. The van der Waals surface area contributed by atoms with Crippen molar-refractivity contribution in [1.29, 1.82) is 5.26 Å². The van der Waals surface area contributed by atoms with E-state index in [0.717, 1.165) is 35.2 Å². The maximum Gasteiger partial charge on any atom is 0.419 e. The van der Waals surface area contributed by atoms with Gasteiger partial charge in [0.25, 0.3) is 0 Å². The van der Waals surface area contributed by atoms with Gasteiger partial charge in [-0.15, -0.1) is 0 Å². The number of carbonyl (C=O) groups is 1. The molecule has 1 amide bonds. The van der Waals surface area contributed by atoms with Crippen LogP contribution in [-0.4, -0.2) is 41.3 Å². The largest absolute Gasteiger partial charge is 0.419 e. The zero-order chi connectivity index (χ0) is 22.2. The lowest BCUT2D eigenvalue weighted by Crippen LogP contribution is -2.46. The van der Waals surface area contributed by atoms with Crippen molar-refractivity contribution in [1.82, 2.24) is 15.2 Å². The van der Waals surface area contributed by atoms with E-state index in [9.17, 15) is 14.9 Å². The number of fused-ring (bicyclic) bond motifs is 2. The summed E-state index contributed by atoms with van der Waals surface area (Å²) in [6.45, 7) is 0.738. The minimum absolute atomic E-state index is 0.0996. The zero-order valence-corrected chi connectivity index (χ0v) is 17.7. The molecule has 3 unspecified atom stereocenters. The Balaban J connectivity index is 1.24. The molecule has 0 bridgehead atoms. The lowest BCUT2D eigenvalue weighted by Gasteiger charge is -2.17. The van der Waals surface area contributed by atoms with Gasteiger partial charge in [0.15, 0.2) is 5.58 Å². The highest BCUT2D eigenvalue weighted by Crippen LogP contribution is 2.26. The standard InChI is InChI=1S/C24H24N4O4/c1-28-20-11-16(6-7-21(20)32-24(28)30)15-4-2-14(3-5-15)10-17(13-25)26-23(29)19-12-22-18(27-19)8-9-31-22/h2-7,11,17-19,22,27H,8-10,12H2,1H3,(H,26,29)/t17-,18?,19?,22?/m0/s1. The van der Waals surface area contributed by atoms with Gasteiger partial charge >= 0.3 is 5.76 Å². The van der Waals surface area contributed by atoms with Gasteiger partial charge in [0, 0.05) is 26.1 Å². The molecule has 0 aliphatic carbocycles. The molecule has 2 aliphatic heterocycles. The number of nitriles is 1. The van der Waals surface area contributed by atoms with Gasteiger partial charge in [-0.2, -0.15) is 5.26 Å². The van der Waals surface area contributed by atoms with E-state index in [-0.39, 0.29) is 29.9 Å². The van der Waals surface area contributed by atoms with Crippen molar-refractivity contribution in [3.05, 3.63) is 58.6 Å². The highest BCUT2D eigenvalue weighted by atomic mass is 16.5. The lowest BCUT2D eigenvalue weighted by molar-refractivity contribution is -0.123. The van der Waals surface area contributed by atoms with Gasteiger partial charge in [-0.1, -0.05) is 30.3 Å². The van der Waals surface area contributed by atoms with Gasteiger partial charge in [-0.25, -0.2) is 4.79 Å². The van der Waals surface area contributed by atoms with Crippen molar-refractivity contribution >= 4 is 17.0 Å². The predicted octanol–water partition coefficient (Wildman–Crippen LogP) is 1.87. The fourth-order valence-corrected chi connectivity index (χ4v) is 4.59. The molecule has 0 radical (unpaired) electrons. The van der Waals surface area contributed by atoms with Crippen LogP contribution in [0.25, 0.3) is 22.2 Å². The Bertz CT molecular complexity index is 1240. The van der Waals surface area contributed by atoms with E-state index in [1.807, 2.05) is 36.4 Å². The van der Waals surface area contributed by atoms with Crippen LogP contribution in [0.15, 0.2) is 51.7 Å². The summed E-state index contributed by atoms with van der Waals surface area (Å²) in [7, 11) is 1.68. The Kier molecular flexibility index (Phi) is 5.29. The summed E-state index contributed by atoms with van der Waals surface area (Å²) in [6.07, 6.45) is 2.10. The van der Waals surface area contributed by atoms with Crippen LogP contribution >= 0.6 is 0 Å².